The van der Waals surface area contributed by atoms with Crippen LogP contribution in [-0.4, -0.2) is 38.3 Å². The summed E-state index contributed by atoms with van der Waals surface area (Å²) in [6, 6.07) is 11.1. The van der Waals surface area contributed by atoms with E-state index in [1.807, 2.05) is 6.92 Å². The van der Waals surface area contributed by atoms with Crippen LogP contribution in [0.2, 0.25) is 0 Å². The average molecular weight is 456 g/mol. The molecule has 0 radical (unpaired) electrons. The van der Waals surface area contributed by atoms with Gasteiger partial charge in [-0.2, -0.15) is 17.5 Å². The Morgan fingerprint density at radius 3 is 2.35 bits per heavy atom. The van der Waals surface area contributed by atoms with E-state index in [-0.39, 0.29) is 31.8 Å². The lowest BCUT2D eigenvalue weighted by atomic mass is 9.97. The number of ether oxygens (including phenoxy) is 1. The Kier molecular flexibility index (Phi) is 6.90. The van der Waals surface area contributed by atoms with Crippen LogP contribution in [0.3, 0.4) is 0 Å². The molecule has 1 N–H and O–H groups in total. The van der Waals surface area contributed by atoms with Crippen LogP contribution in [0.4, 0.5) is 18.9 Å². The Labute approximate surface area is 179 Å². The molecule has 1 aliphatic heterocycles. The number of anilines is 1. The van der Waals surface area contributed by atoms with Crippen LogP contribution in [0, 0.1) is 5.92 Å². The van der Waals surface area contributed by atoms with Gasteiger partial charge in [-0.25, -0.2) is 8.42 Å². The number of alkyl halides is 3. The summed E-state index contributed by atoms with van der Waals surface area (Å²) in [5, 5.41) is 2.80. The fraction of sp³-hybridized carbons (Fsp3) is 0.381. The van der Waals surface area contributed by atoms with E-state index in [2.05, 4.69) is 5.32 Å². The van der Waals surface area contributed by atoms with Crippen LogP contribution in [0.25, 0.3) is 0 Å². The van der Waals surface area contributed by atoms with Gasteiger partial charge in [-0.1, -0.05) is 24.3 Å². The molecule has 1 aliphatic rings. The molecule has 0 bridgehead atoms. The molecule has 6 nitrogen and oxygen atoms in total. The van der Waals surface area contributed by atoms with Crippen molar-refractivity contribution >= 4 is 21.6 Å². The molecule has 168 valence electrons. The highest BCUT2D eigenvalue weighted by Gasteiger charge is 2.40. The van der Waals surface area contributed by atoms with Gasteiger partial charge in [-0.15, -0.1) is 0 Å². The molecule has 0 spiro atoms. The maximum absolute atomic E-state index is 13.3. The summed E-state index contributed by atoms with van der Waals surface area (Å²) < 4.78 is 72.0. The molecule has 2 aromatic rings. The summed E-state index contributed by atoms with van der Waals surface area (Å²) in [5.41, 5.74) is -0.675. The quantitative estimate of drug-likeness (QED) is 0.709. The number of hydrogen-bond acceptors (Lipinski definition) is 4. The molecular weight excluding hydrogens is 433 g/mol. The van der Waals surface area contributed by atoms with Crippen molar-refractivity contribution in [1.82, 2.24) is 4.31 Å². The van der Waals surface area contributed by atoms with Crippen molar-refractivity contribution in [3.8, 4) is 5.75 Å². The third-order valence-corrected chi connectivity index (χ3v) is 7.04. The maximum Gasteiger partial charge on any atom is 0.417 e. The number of amides is 1. The van der Waals surface area contributed by atoms with Gasteiger partial charge in [0.1, 0.15) is 5.75 Å². The summed E-state index contributed by atoms with van der Waals surface area (Å²) in [5.74, 6) is -0.207. The molecule has 1 amide bonds. The van der Waals surface area contributed by atoms with E-state index in [9.17, 15) is 26.4 Å². The Morgan fingerprint density at radius 1 is 1.10 bits per heavy atom. The van der Waals surface area contributed by atoms with Crippen molar-refractivity contribution < 1.29 is 31.1 Å². The Balaban J connectivity index is 1.69. The summed E-state index contributed by atoms with van der Waals surface area (Å²) >= 11 is 0. The van der Waals surface area contributed by atoms with E-state index in [1.165, 1.54) is 6.07 Å². The lowest BCUT2D eigenvalue weighted by Gasteiger charge is -2.31. The molecule has 1 saturated heterocycles. The van der Waals surface area contributed by atoms with Crippen molar-refractivity contribution in [2.24, 2.45) is 5.92 Å². The lowest BCUT2D eigenvalue weighted by Crippen LogP contribution is -2.41. The first-order chi connectivity index (χ1) is 14.6. The smallest absolute Gasteiger partial charge is 0.417 e. The van der Waals surface area contributed by atoms with Crippen LogP contribution in [0.5, 0.6) is 5.75 Å². The van der Waals surface area contributed by atoms with Crippen LogP contribution >= 0.6 is 0 Å². The Bertz CT molecular complexity index is 1030. The van der Waals surface area contributed by atoms with E-state index in [4.69, 9.17) is 4.74 Å². The number of nitrogens with zero attached hydrogens (tertiary/aromatic N) is 1. The third-order valence-electron chi connectivity index (χ3n) is 5.08. The van der Waals surface area contributed by atoms with E-state index >= 15 is 0 Å². The second kappa shape index (κ2) is 9.27. The molecule has 10 heteroatoms. The largest absolute Gasteiger partial charge is 0.492 e. The van der Waals surface area contributed by atoms with Crippen LogP contribution in [0.1, 0.15) is 25.3 Å². The van der Waals surface area contributed by atoms with Gasteiger partial charge in [0.05, 0.1) is 22.8 Å². The highest BCUT2D eigenvalue weighted by molar-refractivity contribution is 7.89. The number of rotatable bonds is 6. The van der Waals surface area contributed by atoms with Gasteiger partial charge >= 0.3 is 6.18 Å². The number of carbonyl (C=O) groups is 1. The molecule has 0 atom stereocenters. The predicted molar refractivity (Wildman–Crippen MR) is 109 cm³/mol. The van der Waals surface area contributed by atoms with Crippen LogP contribution < -0.4 is 10.1 Å². The van der Waals surface area contributed by atoms with E-state index in [0.717, 1.165) is 22.5 Å². The van der Waals surface area contributed by atoms with Gasteiger partial charge in [-0.05, 0) is 44.0 Å². The molecule has 0 saturated carbocycles. The summed E-state index contributed by atoms with van der Waals surface area (Å²) in [7, 11) is -4.34. The zero-order chi connectivity index (χ0) is 22.6. The highest BCUT2D eigenvalue weighted by atomic mass is 32.2. The zero-order valence-corrected chi connectivity index (χ0v) is 17.7. The van der Waals surface area contributed by atoms with Crippen LogP contribution in [0.15, 0.2) is 53.4 Å². The van der Waals surface area contributed by atoms with Crippen molar-refractivity contribution in [2.45, 2.75) is 30.8 Å². The molecule has 0 aromatic heterocycles. The fourth-order valence-electron chi connectivity index (χ4n) is 3.51. The Morgan fingerprint density at radius 2 is 1.71 bits per heavy atom. The zero-order valence-electron chi connectivity index (χ0n) is 16.9. The molecule has 1 heterocycles. The second-order valence-electron chi connectivity index (χ2n) is 7.09. The van der Waals surface area contributed by atoms with Gasteiger partial charge in [0, 0.05) is 19.0 Å². The number of halogens is 3. The Hall–Kier alpha value is -2.59. The predicted octanol–water partition coefficient (Wildman–Crippen LogP) is 4.14. The second-order valence-corrected chi connectivity index (χ2v) is 9.00. The summed E-state index contributed by atoms with van der Waals surface area (Å²) in [4.78, 5) is 11.9. The third kappa shape index (κ3) is 5.19. The number of hydrogen-bond donors (Lipinski definition) is 1. The molecule has 1 fully saturated rings. The average Bonchev–Trinajstić information content (AvgIpc) is 2.75. The molecule has 0 aliphatic carbocycles. The minimum absolute atomic E-state index is 0.0419. The summed E-state index contributed by atoms with van der Waals surface area (Å²) in [6.45, 7) is 2.17. The molecule has 2 aromatic carbocycles. The van der Waals surface area contributed by atoms with Gasteiger partial charge in [0.25, 0.3) is 0 Å². The monoisotopic (exact) mass is 456 g/mol. The fourth-order valence-corrected chi connectivity index (χ4v) is 5.19. The highest BCUT2D eigenvalue weighted by Crippen LogP contribution is 2.36. The molecule has 3 rings (SSSR count). The first-order valence-corrected chi connectivity index (χ1v) is 11.3. The van der Waals surface area contributed by atoms with Crippen molar-refractivity contribution in [2.75, 3.05) is 25.0 Å². The molecular formula is C21H23F3N2O4S. The number of sulfonamides is 1. The number of piperidine rings is 1. The number of nitrogens with one attached hydrogen (secondary N) is 1. The van der Waals surface area contributed by atoms with Gasteiger partial charge in [0.2, 0.25) is 15.9 Å². The minimum Gasteiger partial charge on any atom is -0.492 e. The summed E-state index contributed by atoms with van der Waals surface area (Å²) in [6.07, 6.45) is -4.37. The van der Waals surface area contributed by atoms with Crippen LogP contribution in [-0.2, 0) is 21.0 Å². The topological polar surface area (TPSA) is 75.7 Å². The van der Waals surface area contributed by atoms with Gasteiger partial charge in [-0.3, -0.25) is 4.79 Å². The first kappa shape index (κ1) is 23.1. The minimum atomic E-state index is -4.78. The van der Waals surface area contributed by atoms with Gasteiger partial charge < -0.3 is 10.1 Å². The molecule has 0 unspecified atom stereocenters. The normalized spacial score (nSPS) is 16.1. The number of carbonyl (C=O) groups excluding carboxylic acids is 1. The van der Waals surface area contributed by atoms with Crippen molar-refractivity contribution in [1.29, 1.82) is 0 Å². The maximum atomic E-state index is 13.3. The lowest BCUT2D eigenvalue weighted by molar-refractivity contribution is -0.139. The van der Waals surface area contributed by atoms with E-state index < -0.39 is 32.6 Å². The van der Waals surface area contributed by atoms with Crippen molar-refractivity contribution in [3.05, 3.63) is 54.1 Å². The number of para-hydroxylation sites is 2. The first-order valence-electron chi connectivity index (χ1n) is 9.83. The standard InChI is InChI=1S/C21H23F3N2O4S/c1-2-30-18-9-5-4-8-17(18)25-20(27)15-11-13-26(14-12-15)31(28,29)19-10-6-3-7-16(19)21(22,23)24/h3-10,15H,2,11-14H2,1H3,(H,25,27). The number of benzene rings is 2. The van der Waals surface area contributed by atoms with E-state index in [0.29, 0.717) is 18.0 Å². The van der Waals surface area contributed by atoms with E-state index in [1.54, 1.807) is 24.3 Å². The van der Waals surface area contributed by atoms with Crippen molar-refractivity contribution in [3.63, 3.8) is 0 Å². The molecule has 31 heavy (non-hydrogen) atoms. The SMILES string of the molecule is CCOc1ccccc1NC(=O)C1CCN(S(=O)(=O)c2ccccc2C(F)(F)F)CC1. The van der Waals surface area contributed by atoms with Gasteiger partial charge in [0.15, 0.2) is 0 Å².